The largest absolute Gasteiger partial charge is 0.462 e. The van der Waals surface area contributed by atoms with E-state index in [2.05, 4.69) is 0 Å². The Bertz CT molecular complexity index is 339. The normalized spacial score (nSPS) is 42.7. The molecule has 3 aliphatic rings. The zero-order valence-electron chi connectivity index (χ0n) is 9.52. The van der Waals surface area contributed by atoms with Crippen molar-refractivity contribution in [2.75, 3.05) is 6.54 Å². The van der Waals surface area contributed by atoms with Crippen molar-refractivity contribution in [3.05, 3.63) is 0 Å². The molecule has 0 aromatic rings. The summed E-state index contributed by atoms with van der Waals surface area (Å²) in [7, 11) is 0. The predicted octanol–water partition coefficient (Wildman–Crippen LogP) is 0.949. The number of hydrogen-bond acceptors (Lipinski definition) is 3. The number of rotatable bonds is 0. The molecule has 3 saturated heterocycles. The molecule has 4 atom stereocenters. The standard InChI is InChI=1S/C12H17NO3/c1-7-11-8-4-5-10(14)13(8)6-2-3-9(11)16-12(7)15/h7-9,11H,2-6H2,1H3/t7-,8-,9-,11+/m0/s1. The first-order valence-electron chi connectivity index (χ1n) is 6.18. The number of carbonyl (C=O) groups is 2. The first kappa shape index (κ1) is 10.1. The van der Waals surface area contributed by atoms with Crippen LogP contribution in [0.2, 0.25) is 0 Å². The van der Waals surface area contributed by atoms with Crippen molar-refractivity contribution in [1.29, 1.82) is 0 Å². The molecular weight excluding hydrogens is 206 g/mol. The molecule has 3 heterocycles. The quantitative estimate of drug-likeness (QED) is 0.574. The van der Waals surface area contributed by atoms with Gasteiger partial charge in [0.1, 0.15) is 6.10 Å². The first-order chi connectivity index (χ1) is 7.68. The van der Waals surface area contributed by atoms with E-state index in [1.54, 1.807) is 0 Å². The number of esters is 1. The number of fused-ring (bicyclic) bond motifs is 3. The molecule has 0 aromatic heterocycles. The molecule has 0 saturated carbocycles. The van der Waals surface area contributed by atoms with Gasteiger partial charge in [0.2, 0.25) is 5.91 Å². The van der Waals surface area contributed by atoms with Crippen LogP contribution in [0.3, 0.4) is 0 Å². The SMILES string of the molecule is C[C@@H]1C(=O)O[C@H]2CCCN3C(=O)CC[C@H]3[C@H]21. The topological polar surface area (TPSA) is 46.6 Å². The van der Waals surface area contributed by atoms with Gasteiger partial charge in [-0.1, -0.05) is 6.92 Å². The molecule has 4 nitrogen and oxygen atoms in total. The van der Waals surface area contributed by atoms with E-state index < -0.39 is 0 Å². The van der Waals surface area contributed by atoms with Gasteiger partial charge in [0.15, 0.2) is 0 Å². The van der Waals surface area contributed by atoms with Crippen LogP contribution in [0.5, 0.6) is 0 Å². The number of carbonyl (C=O) groups excluding carboxylic acids is 2. The van der Waals surface area contributed by atoms with Crippen LogP contribution in [0.1, 0.15) is 32.6 Å². The van der Waals surface area contributed by atoms with Crippen molar-refractivity contribution in [2.45, 2.75) is 44.8 Å². The summed E-state index contributed by atoms with van der Waals surface area (Å²) >= 11 is 0. The number of nitrogens with zero attached hydrogens (tertiary/aromatic N) is 1. The number of hydrogen-bond donors (Lipinski definition) is 0. The number of ether oxygens (including phenoxy) is 1. The lowest BCUT2D eigenvalue weighted by atomic mass is 9.83. The Morgan fingerprint density at radius 1 is 1.31 bits per heavy atom. The summed E-state index contributed by atoms with van der Waals surface area (Å²) in [5.41, 5.74) is 0. The highest BCUT2D eigenvalue weighted by Crippen LogP contribution is 2.41. The third kappa shape index (κ3) is 1.28. The summed E-state index contributed by atoms with van der Waals surface area (Å²) in [6.07, 6.45) is 3.49. The van der Waals surface area contributed by atoms with Gasteiger partial charge in [0.05, 0.1) is 5.92 Å². The number of amides is 1. The summed E-state index contributed by atoms with van der Waals surface area (Å²) < 4.78 is 5.42. The van der Waals surface area contributed by atoms with Crippen molar-refractivity contribution < 1.29 is 14.3 Å². The van der Waals surface area contributed by atoms with Crippen molar-refractivity contribution in [3.8, 4) is 0 Å². The maximum atomic E-state index is 11.7. The Kier molecular flexibility index (Phi) is 2.19. The van der Waals surface area contributed by atoms with Gasteiger partial charge >= 0.3 is 5.97 Å². The maximum absolute atomic E-state index is 11.7. The lowest BCUT2D eigenvalue weighted by Gasteiger charge is -2.29. The fourth-order valence-electron chi connectivity index (χ4n) is 3.56. The van der Waals surface area contributed by atoms with E-state index >= 15 is 0 Å². The summed E-state index contributed by atoms with van der Waals surface area (Å²) in [6.45, 7) is 2.79. The van der Waals surface area contributed by atoms with Crippen LogP contribution in [-0.4, -0.2) is 35.5 Å². The van der Waals surface area contributed by atoms with Gasteiger partial charge < -0.3 is 9.64 Å². The molecular formula is C12H17NO3. The zero-order valence-corrected chi connectivity index (χ0v) is 9.52. The van der Waals surface area contributed by atoms with Gasteiger partial charge in [-0.05, 0) is 19.3 Å². The Balaban J connectivity index is 1.91. The third-order valence-electron chi connectivity index (χ3n) is 4.35. The Morgan fingerprint density at radius 3 is 2.94 bits per heavy atom. The van der Waals surface area contributed by atoms with Crippen molar-refractivity contribution in [2.24, 2.45) is 11.8 Å². The molecule has 4 heteroatoms. The smallest absolute Gasteiger partial charge is 0.309 e. The monoisotopic (exact) mass is 223 g/mol. The maximum Gasteiger partial charge on any atom is 0.309 e. The molecule has 0 radical (unpaired) electrons. The molecule has 3 fully saturated rings. The van der Waals surface area contributed by atoms with Crippen LogP contribution in [0, 0.1) is 11.8 Å². The van der Waals surface area contributed by atoms with Gasteiger partial charge in [0, 0.05) is 24.9 Å². The second-order valence-electron chi connectivity index (χ2n) is 5.18. The van der Waals surface area contributed by atoms with E-state index in [1.807, 2.05) is 11.8 Å². The van der Waals surface area contributed by atoms with Gasteiger partial charge in [-0.25, -0.2) is 0 Å². The van der Waals surface area contributed by atoms with Crippen molar-refractivity contribution in [3.63, 3.8) is 0 Å². The molecule has 0 bridgehead atoms. The van der Waals surface area contributed by atoms with Gasteiger partial charge in [-0.15, -0.1) is 0 Å². The van der Waals surface area contributed by atoms with Crippen LogP contribution in [0.4, 0.5) is 0 Å². The Morgan fingerprint density at radius 2 is 2.12 bits per heavy atom. The van der Waals surface area contributed by atoms with E-state index in [0.29, 0.717) is 6.42 Å². The van der Waals surface area contributed by atoms with Gasteiger partial charge in [-0.3, -0.25) is 9.59 Å². The Hall–Kier alpha value is -1.06. The van der Waals surface area contributed by atoms with Crippen LogP contribution in [-0.2, 0) is 14.3 Å². The highest BCUT2D eigenvalue weighted by molar-refractivity contribution is 5.80. The lowest BCUT2D eigenvalue weighted by molar-refractivity contribution is -0.144. The molecule has 3 rings (SSSR count). The molecule has 16 heavy (non-hydrogen) atoms. The predicted molar refractivity (Wildman–Crippen MR) is 56.5 cm³/mol. The second-order valence-corrected chi connectivity index (χ2v) is 5.18. The summed E-state index contributed by atoms with van der Waals surface area (Å²) in [5.74, 6) is 0.386. The van der Waals surface area contributed by atoms with E-state index in [1.165, 1.54) is 0 Å². The average molecular weight is 223 g/mol. The van der Waals surface area contributed by atoms with Crippen LogP contribution in [0.25, 0.3) is 0 Å². The molecule has 88 valence electrons. The van der Waals surface area contributed by atoms with Crippen molar-refractivity contribution in [1.82, 2.24) is 4.90 Å². The summed E-state index contributed by atoms with van der Waals surface area (Å²) in [6, 6.07) is 0.251. The van der Waals surface area contributed by atoms with Gasteiger partial charge in [0.25, 0.3) is 0 Å². The first-order valence-corrected chi connectivity index (χ1v) is 6.18. The van der Waals surface area contributed by atoms with E-state index in [4.69, 9.17) is 4.74 Å². The van der Waals surface area contributed by atoms with Crippen LogP contribution < -0.4 is 0 Å². The minimum absolute atomic E-state index is 0.0403. The molecule has 0 aromatic carbocycles. The highest BCUT2D eigenvalue weighted by atomic mass is 16.6. The molecule has 1 amide bonds. The fraction of sp³-hybridized carbons (Fsp3) is 0.833. The Labute approximate surface area is 94.9 Å². The van der Waals surface area contributed by atoms with E-state index in [9.17, 15) is 9.59 Å². The zero-order chi connectivity index (χ0) is 11.3. The molecule has 0 spiro atoms. The molecule has 0 aliphatic carbocycles. The highest BCUT2D eigenvalue weighted by Gasteiger charge is 2.51. The molecule has 3 aliphatic heterocycles. The molecule has 0 N–H and O–H groups in total. The van der Waals surface area contributed by atoms with Crippen LogP contribution >= 0.6 is 0 Å². The molecule has 0 unspecified atom stereocenters. The van der Waals surface area contributed by atoms with E-state index in [0.717, 1.165) is 25.8 Å². The third-order valence-corrected chi connectivity index (χ3v) is 4.35. The lowest BCUT2D eigenvalue weighted by Crippen LogP contribution is -2.41. The summed E-state index contributed by atoms with van der Waals surface area (Å²) in [5, 5.41) is 0. The fourth-order valence-corrected chi connectivity index (χ4v) is 3.56. The van der Waals surface area contributed by atoms with E-state index in [-0.39, 0.29) is 35.9 Å². The second kappa shape index (κ2) is 3.47. The minimum Gasteiger partial charge on any atom is -0.462 e. The summed E-state index contributed by atoms with van der Waals surface area (Å²) in [4.78, 5) is 25.3. The van der Waals surface area contributed by atoms with Gasteiger partial charge in [-0.2, -0.15) is 0 Å². The van der Waals surface area contributed by atoms with Crippen molar-refractivity contribution >= 4 is 11.9 Å². The minimum atomic E-state index is -0.0730. The van der Waals surface area contributed by atoms with Crippen LogP contribution in [0.15, 0.2) is 0 Å². The average Bonchev–Trinajstić information content (AvgIpc) is 2.67.